The summed E-state index contributed by atoms with van der Waals surface area (Å²) < 4.78 is 0. The fourth-order valence-corrected chi connectivity index (χ4v) is 3.29. The van der Waals surface area contributed by atoms with Crippen LogP contribution in [-0.2, 0) is 9.59 Å². The average molecular weight is 232 g/mol. The molecule has 2 aliphatic heterocycles. The van der Waals surface area contributed by atoms with E-state index in [0.717, 1.165) is 11.8 Å². The number of carboxylic acid groups (broad SMARTS) is 1. The van der Waals surface area contributed by atoms with Crippen molar-refractivity contribution in [3.05, 3.63) is 0 Å². The lowest BCUT2D eigenvalue weighted by atomic mass is 9.96. The van der Waals surface area contributed by atoms with Gasteiger partial charge < -0.3 is 20.8 Å². The summed E-state index contributed by atoms with van der Waals surface area (Å²) in [6.45, 7) is 1.46. The van der Waals surface area contributed by atoms with Gasteiger partial charge in [0.1, 0.15) is 22.3 Å². The number of aliphatic hydroxyl groups is 1. The van der Waals surface area contributed by atoms with Crippen LogP contribution in [0.1, 0.15) is 6.92 Å². The van der Waals surface area contributed by atoms with Crippen molar-refractivity contribution in [2.24, 2.45) is 5.73 Å². The third kappa shape index (κ3) is 1.42. The molecule has 0 bridgehead atoms. The van der Waals surface area contributed by atoms with E-state index in [1.54, 1.807) is 0 Å². The molecule has 7 heteroatoms. The summed E-state index contributed by atoms with van der Waals surface area (Å²) in [5.41, 5.74) is 4.14. The number of hydrogen-bond acceptors (Lipinski definition) is 5. The molecule has 4 N–H and O–H groups in total. The number of hydrogen-bond donors (Lipinski definition) is 3. The third-order valence-corrected chi connectivity index (χ3v) is 4.55. The van der Waals surface area contributed by atoms with Gasteiger partial charge in [-0.2, -0.15) is 0 Å². The summed E-state index contributed by atoms with van der Waals surface area (Å²) in [6, 6.07) is -0.632. The van der Waals surface area contributed by atoms with E-state index in [4.69, 9.17) is 10.8 Å². The number of β-lactam (4-membered cyclic amide) rings is 1. The van der Waals surface area contributed by atoms with E-state index in [-0.39, 0.29) is 17.8 Å². The number of carboxylic acids is 1. The molecule has 0 aromatic carbocycles. The SMILES string of the molecule is CC1(O)CN2C(=O)C(N)[C@H]2SC1C(=O)O. The Morgan fingerprint density at radius 1 is 1.73 bits per heavy atom. The Bertz CT molecular complexity index is 333. The number of nitrogens with two attached hydrogens (primary N) is 1. The molecule has 6 nitrogen and oxygen atoms in total. The smallest absolute Gasteiger partial charge is 0.319 e. The Morgan fingerprint density at radius 3 is 2.87 bits per heavy atom. The van der Waals surface area contributed by atoms with Crippen LogP contribution in [-0.4, -0.2) is 55.8 Å². The number of amides is 1. The molecule has 0 aromatic heterocycles. The molecular formula is C8H12N2O4S. The van der Waals surface area contributed by atoms with Crippen molar-refractivity contribution in [1.29, 1.82) is 0 Å². The highest BCUT2D eigenvalue weighted by Crippen LogP contribution is 2.42. The Balaban J connectivity index is 2.19. The lowest BCUT2D eigenvalue weighted by Gasteiger charge is -2.53. The topological polar surface area (TPSA) is 104 Å². The summed E-state index contributed by atoms with van der Waals surface area (Å²) in [7, 11) is 0. The lowest BCUT2D eigenvalue weighted by Crippen LogP contribution is -2.74. The van der Waals surface area contributed by atoms with E-state index in [2.05, 4.69) is 0 Å². The predicted molar refractivity (Wildman–Crippen MR) is 53.1 cm³/mol. The number of rotatable bonds is 1. The van der Waals surface area contributed by atoms with Crippen LogP contribution >= 0.6 is 11.8 Å². The van der Waals surface area contributed by atoms with Crippen LogP contribution in [0.5, 0.6) is 0 Å². The van der Waals surface area contributed by atoms with E-state index in [1.807, 2.05) is 0 Å². The number of thioether (sulfide) groups is 1. The average Bonchev–Trinajstić information content (AvgIpc) is 2.14. The lowest BCUT2D eigenvalue weighted by molar-refractivity contribution is -0.155. The van der Waals surface area contributed by atoms with E-state index < -0.39 is 22.9 Å². The molecule has 2 heterocycles. The van der Waals surface area contributed by atoms with Crippen LogP contribution in [0.4, 0.5) is 0 Å². The maximum Gasteiger partial charge on any atom is 0.319 e. The molecule has 0 radical (unpaired) electrons. The summed E-state index contributed by atoms with van der Waals surface area (Å²) in [6.07, 6.45) is 0. The first-order valence-electron chi connectivity index (χ1n) is 4.51. The van der Waals surface area contributed by atoms with Crippen LogP contribution in [0.3, 0.4) is 0 Å². The van der Waals surface area contributed by atoms with Gasteiger partial charge in [-0.3, -0.25) is 9.59 Å². The quantitative estimate of drug-likeness (QED) is 0.472. The second kappa shape index (κ2) is 3.10. The summed E-state index contributed by atoms with van der Waals surface area (Å²) >= 11 is 1.04. The van der Waals surface area contributed by atoms with Crippen LogP contribution in [0.2, 0.25) is 0 Å². The van der Waals surface area contributed by atoms with Crippen molar-refractivity contribution < 1.29 is 19.8 Å². The highest BCUT2D eigenvalue weighted by atomic mass is 32.2. The number of carbonyl (C=O) groups is 2. The van der Waals surface area contributed by atoms with E-state index >= 15 is 0 Å². The fraction of sp³-hybridized carbons (Fsp3) is 0.750. The molecular weight excluding hydrogens is 220 g/mol. The molecule has 2 saturated heterocycles. The van der Waals surface area contributed by atoms with Gasteiger partial charge in [0.05, 0.1) is 6.54 Å². The summed E-state index contributed by atoms with van der Waals surface area (Å²) in [4.78, 5) is 23.6. The molecule has 15 heavy (non-hydrogen) atoms. The number of nitrogens with zero attached hydrogens (tertiary/aromatic N) is 1. The molecule has 2 fully saturated rings. The van der Waals surface area contributed by atoms with Crippen molar-refractivity contribution in [1.82, 2.24) is 4.90 Å². The third-order valence-electron chi connectivity index (χ3n) is 2.74. The molecule has 2 aliphatic rings. The predicted octanol–water partition coefficient (Wildman–Crippen LogP) is -1.57. The molecule has 0 aromatic rings. The van der Waals surface area contributed by atoms with Crippen molar-refractivity contribution in [3.8, 4) is 0 Å². The minimum atomic E-state index is -1.40. The van der Waals surface area contributed by atoms with Crippen LogP contribution in [0, 0.1) is 0 Å². The van der Waals surface area contributed by atoms with Gasteiger partial charge in [-0.1, -0.05) is 0 Å². The van der Waals surface area contributed by atoms with Crippen molar-refractivity contribution >= 4 is 23.6 Å². The zero-order chi connectivity index (χ0) is 11.4. The van der Waals surface area contributed by atoms with Gasteiger partial charge in [-0.15, -0.1) is 11.8 Å². The van der Waals surface area contributed by atoms with Gasteiger partial charge in [0.25, 0.3) is 0 Å². The number of fused-ring (bicyclic) bond motifs is 1. The standard InChI is InChI=1S/C8H12N2O4S/c1-8(14)2-10-5(11)3(9)6(10)15-4(8)7(12)13/h3-4,6,14H,2,9H2,1H3,(H,12,13)/t3?,4?,6-,8?/m1/s1. The second-order valence-electron chi connectivity index (χ2n) is 4.09. The Kier molecular flexibility index (Phi) is 2.21. The Morgan fingerprint density at radius 2 is 2.33 bits per heavy atom. The zero-order valence-corrected chi connectivity index (χ0v) is 8.90. The number of carbonyl (C=O) groups excluding carboxylic acids is 1. The zero-order valence-electron chi connectivity index (χ0n) is 8.08. The van der Waals surface area contributed by atoms with Crippen LogP contribution < -0.4 is 5.73 Å². The minimum Gasteiger partial charge on any atom is -0.480 e. The first kappa shape index (κ1) is 10.7. The van der Waals surface area contributed by atoms with E-state index in [0.29, 0.717) is 0 Å². The first-order valence-corrected chi connectivity index (χ1v) is 5.45. The van der Waals surface area contributed by atoms with Crippen LogP contribution in [0.25, 0.3) is 0 Å². The molecule has 3 unspecified atom stereocenters. The second-order valence-corrected chi connectivity index (χ2v) is 5.32. The molecule has 2 rings (SSSR count). The van der Waals surface area contributed by atoms with Gasteiger partial charge >= 0.3 is 5.97 Å². The highest BCUT2D eigenvalue weighted by molar-refractivity contribution is 8.01. The first-order chi connectivity index (χ1) is 6.84. The monoisotopic (exact) mass is 232 g/mol. The molecule has 0 saturated carbocycles. The number of aliphatic carboxylic acids is 1. The maximum atomic E-state index is 11.3. The normalized spacial score (nSPS) is 44.6. The molecule has 84 valence electrons. The summed E-state index contributed by atoms with van der Waals surface area (Å²) in [5.74, 6) is -1.30. The van der Waals surface area contributed by atoms with Crippen molar-refractivity contribution in [2.45, 2.75) is 29.2 Å². The van der Waals surface area contributed by atoms with Gasteiger partial charge in [0.15, 0.2) is 0 Å². The Labute approximate surface area is 90.4 Å². The maximum absolute atomic E-state index is 11.3. The van der Waals surface area contributed by atoms with Gasteiger partial charge in [-0.05, 0) is 6.92 Å². The molecule has 1 amide bonds. The van der Waals surface area contributed by atoms with Crippen molar-refractivity contribution in [3.63, 3.8) is 0 Å². The van der Waals surface area contributed by atoms with E-state index in [1.165, 1.54) is 11.8 Å². The van der Waals surface area contributed by atoms with Gasteiger partial charge in [0.2, 0.25) is 5.91 Å². The van der Waals surface area contributed by atoms with Crippen molar-refractivity contribution in [2.75, 3.05) is 6.54 Å². The van der Waals surface area contributed by atoms with Gasteiger partial charge in [0, 0.05) is 0 Å². The Hall–Kier alpha value is -0.790. The summed E-state index contributed by atoms with van der Waals surface area (Å²) in [5, 5.41) is 17.6. The molecule has 0 aliphatic carbocycles. The van der Waals surface area contributed by atoms with E-state index in [9.17, 15) is 14.7 Å². The fourth-order valence-electron chi connectivity index (χ4n) is 1.91. The highest BCUT2D eigenvalue weighted by Gasteiger charge is 2.57. The minimum absolute atomic E-state index is 0.0359. The van der Waals surface area contributed by atoms with Gasteiger partial charge in [-0.25, -0.2) is 0 Å². The molecule has 0 spiro atoms. The molecule has 4 atom stereocenters. The largest absolute Gasteiger partial charge is 0.480 e. The van der Waals surface area contributed by atoms with Crippen LogP contribution in [0.15, 0.2) is 0 Å².